The van der Waals surface area contributed by atoms with Crippen molar-refractivity contribution in [1.82, 2.24) is 15.5 Å². The molecule has 1 aromatic carbocycles. The van der Waals surface area contributed by atoms with Gasteiger partial charge in [0.05, 0.1) is 0 Å². The molecule has 0 bridgehead atoms. The summed E-state index contributed by atoms with van der Waals surface area (Å²) in [6.07, 6.45) is -0.665. The fourth-order valence-corrected chi connectivity index (χ4v) is 3.14. The second-order valence-electron chi connectivity index (χ2n) is 9.73. The topological polar surface area (TPSA) is 87.7 Å². The smallest absolute Gasteiger partial charge is 0.408 e. The second kappa shape index (κ2) is 10.6. The van der Waals surface area contributed by atoms with Gasteiger partial charge in [-0.15, -0.1) is 0 Å². The Bertz CT molecular complexity index is 797. The van der Waals surface area contributed by atoms with Crippen LogP contribution in [0.25, 0.3) is 0 Å². The Balaban J connectivity index is 3.26. The van der Waals surface area contributed by atoms with Crippen molar-refractivity contribution in [3.8, 4) is 0 Å². The first-order valence-electron chi connectivity index (χ1n) is 10.8. The van der Waals surface area contributed by atoms with Crippen LogP contribution in [0.15, 0.2) is 18.2 Å². The fraction of sp³-hybridized carbons (Fsp3) is 0.625. The van der Waals surface area contributed by atoms with Crippen molar-refractivity contribution in [3.05, 3.63) is 34.9 Å². The number of likely N-dealkylation sites (N-methyl/N-ethyl adjacent to an activating group) is 1. The Morgan fingerprint density at radius 1 is 0.968 bits per heavy atom. The monoisotopic (exact) mass is 433 g/mol. The van der Waals surface area contributed by atoms with Crippen LogP contribution in [0, 0.1) is 19.8 Å². The van der Waals surface area contributed by atoms with E-state index in [0.717, 1.165) is 16.7 Å². The number of alkyl carbamates (subject to hydrolysis) is 1. The number of hydrogen-bond acceptors (Lipinski definition) is 4. The van der Waals surface area contributed by atoms with Gasteiger partial charge >= 0.3 is 6.09 Å². The molecule has 0 aliphatic carbocycles. The number of hydrogen-bond donors (Lipinski definition) is 2. The van der Waals surface area contributed by atoms with Gasteiger partial charge in [0.25, 0.3) is 0 Å². The lowest BCUT2D eigenvalue weighted by Crippen LogP contribution is -2.54. The molecule has 1 rings (SSSR count). The maximum atomic E-state index is 13.4. The number of ether oxygens (including phenoxy) is 1. The van der Waals surface area contributed by atoms with Crippen LogP contribution in [0.1, 0.15) is 71.2 Å². The molecule has 0 radical (unpaired) electrons. The lowest BCUT2D eigenvalue weighted by Gasteiger charge is -2.33. The van der Waals surface area contributed by atoms with Gasteiger partial charge in [0.1, 0.15) is 17.7 Å². The van der Waals surface area contributed by atoms with Gasteiger partial charge in [0, 0.05) is 13.1 Å². The van der Waals surface area contributed by atoms with E-state index >= 15 is 0 Å². The van der Waals surface area contributed by atoms with E-state index in [4.69, 9.17) is 4.74 Å². The summed E-state index contributed by atoms with van der Waals surface area (Å²) in [5.41, 5.74) is 2.18. The summed E-state index contributed by atoms with van der Waals surface area (Å²) in [4.78, 5) is 40.2. The molecular formula is C24H39N3O4. The molecule has 2 unspecified atom stereocenters. The van der Waals surface area contributed by atoms with Crippen LogP contribution in [0.4, 0.5) is 4.79 Å². The van der Waals surface area contributed by atoms with Gasteiger partial charge in [0.15, 0.2) is 0 Å². The van der Waals surface area contributed by atoms with Crippen molar-refractivity contribution >= 4 is 17.9 Å². The van der Waals surface area contributed by atoms with E-state index in [1.807, 2.05) is 59.7 Å². The van der Waals surface area contributed by atoms with E-state index in [9.17, 15) is 14.4 Å². The number of carbonyl (C=O) groups is 3. The normalized spacial score (nSPS) is 13.5. The Labute approximate surface area is 186 Å². The lowest BCUT2D eigenvalue weighted by atomic mass is 9.97. The average molecular weight is 434 g/mol. The minimum absolute atomic E-state index is 0.0779. The van der Waals surface area contributed by atoms with Gasteiger partial charge in [-0.2, -0.15) is 0 Å². The summed E-state index contributed by atoms with van der Waals surface area (Å²) < 4.78 is 5.32. The number of amides is 3. The first-order valence-corrected chi connectivity index (χ1v) is 10.8. The lowest BCUT2D eigenvalue weighted by molar-refractivity contribution is -0.141. The number of carbonyl (C=O) groups excluding carboxylic acids is 3. The maximum absolute atomic E-state index is 13.4. The molecule has 0 aromatic heterocycles. The molecule has 0 saturated heterocycles. The number of nitrogens with zero attached hydrogens (tertiary/aromatic N) is 1. The predicted octanol–water partition coefficient (Wildman–Crippen LogP) is 3.88. The van der Waals surface area contributed by atoms with E-state index in [-0.39, 0.29) is 23.8 Å². The second-order valence-corrected chi connectivity index (χ2v) is 9.73. The molecule has 31 heavy (non-hydrogen) atoms. The van der Waals surface area contributed by atoms with Gasteiger partial charge in [-0.05, 0) is 71.1 Å². The number of aryl methyl sites for hydroxylation is 2. The number of rotatable bonds is 7. The summed E-state index contributed by atoms with van der Waals surface area (Å²) in [5.74, 6) is -0.826. The molecule has 0 aliphatic rings. The third kappa shape index (κ3) is 7.89. The molecule has 0 heterocycles. The summed E-state index contributed by atoms with van der Waals surface area (Å²) in [6, 6.07) is 4.00. The van der Waals surface area contributed by atoms with Crippen LogP contribution in [0.3, 0.4) is 0 Å². The zero-order valence-electron chi connectivity index (χ0n) is 20.6. The average Bonchev–Trinajstić information content (AvgIpc) is 2.59. The van der Waals surface area contributed by atoms with E-state index in [2.05, 4.69) is 10.6 Å². The number of benzene rings is 1. The minimum Gasteiger partial charge on any atom is -0.444 e. The summed E-state index contributed by atoms with van der Waals surface area (Å²) in [7, 11) is 1.59. The zero-order valence-corrected chi connectivity index (χ0v) is 20.6. The first-order chi connectivity index (χ1) is 14.1. The van der Waals surface area contributed by atoms with E-state index < -0.39 is 23.8 Å². The molecule has 0 spiro atoms. The molecule has 1 aromatic rings. The largest absolute Gasteiger partial charge is 0.444 e. The van der Waals surface area contributed by atoms with E-state index in [0.29, 0.717) is 0 Å². The predicted molar refractivity (Wildman–Crippen MR) is 123 cm³/mol. The van der Waals surface area contributed by atoms with Gasteiger partial charge in [-0.25, -0.2) is 4.79 Å². The Hall–Kier alpha value is -2.57. The van der Waals surface area contributed by atoms with Crippen molar-refractivity contribution in [2.75, 3.05) is 7.05 Å². The quantitative estimate of drug-likeness (QED) is 0.683. The highest BCUT2D eigenvalue weighted by Crippen LogP contribution is 2.24. The van der Waals surface area contributed by atoms with Gasteiger partial charge in [-0.1, -0.05) is 32.0 Å². The summed E-state index contributed by atoms with van der Waals surface area (Å²) in [5, 5.41) is 5.58. The highest BCUT2D eigenvalue weighted by Gasteiger charge is 2.35. The molecule has 2 atom stereocenters. The molecule has 174 valence electrons. The highest BCUT2D eigenvalue weighted by atomic mass is 16.6. The third-order valence-corrected chi connectivity index (χ3v) is 4.87. The standard InChI is InChI=1S/C24H39N3O4/c1-14(2)19(26-23(30)31-24(7,8)9)22(29)27(10)20(21(28)25-15(3)4)18-12-11-16(5)17(6)13-18/h11-15,19-20H,1-10H3,(H,25,28)(H,26,30). The van der Waals surface area contributed by atoms with Crippen molar-refractivity contribution in [2.24, 2.45) is 5.92 Å². The molecule has 0 saturated carbocycles. The minimum atomic E-state index is -0.833. The molecular weight excluding hydrogens is 394 g/mol. The molecule has 7 heteroatoms. The van der Waals surface area contributed by atoms with Crippen LogP contribution in [0.5, 0.6) is 0 Å². The van der Waals surface area contributed by atoms with Crippen molar-refractivity contribution in [2.45, 2.75) is 86.0 Å². The van der Waals surface area contributed by atoms with Crippen LogP contribution in [-0.2, 0) is 14.3 Å². The van der Waals surface area contributed by atoms with E-state index in [1.165, 1.54) is 4.90 Å². The third-order valence-electron chi connectivity index (χ3n) is 4.87. The van der Waals surface area contributed by atoms with Crippen LogP contribution >= 0.6 is 0 Å². The zero-order chi connectivity index (χ0) is 24.1. The SMILES string of the molecule is Cc1ccc(C(C(=O)NC(C)C)N(C)C(=O)C(NC(=O)OC(C)(C)C)C(C)C)cc1C. The molecule has 3 amide bonds. The van der Waals surface area contributed by atoms with E-state index in [1.54, 1.807) is 27.8 Å². The fourth-order valence-electron chi connectivity index (χ4n) is 3.14. The number of nitrogens with one attached hydrogen (secondary N) is 2. The molecule has 7 nitrogen and oxygen atoms in total. The maximum Gasteiger partial charge on any atom is 0.408 e. The van der Waals surface area contributed by atoms with Gasteiger partial charge < -0.3 is 20.3 Å². The van der Waals surface area contributed by atoms with Crippen molar-refractivity contribution < 1.29 is 19.1 Å². The van der Waals surface area contributed by atoms with Crippen LogP contribution in [-0.4, -0.2) is 47.5 Å². The Morgan fingerprint density at radius 3 is 2.00 bits per heavy atom. The van der Waals surface area contributed by atoms with Crippen molar-refractivity contribution in [1.29, 1.82) is 0 Å². The first kappa shape index (κ1) is 26.5. The molecule has 2 N–H and O–H groups in total. The molecule has 0 fully saturated rings. The van der Waals surface area contributed by atoms with Gasteiger partial charge in [0.2, 0.25) is 11.8 Å². The van der Waals surface area contributed by atoms with Crippen LogP contribution < -0.4 is 10.6 Å². The molecule has 0 aliphatic heterocycles. The Kier molecular flexibility index (Phi) is 9.09. The Morgan fingerprint density at radius 2 is 1.55 bits per heavy atom. The van der Waals surface area contributed by atoms with Crippen LogP contribution in [0.2, 0.25) is 0 Å². The van der Waals surface area contributed by atoms with Gasteiger partial charge in [-0.3, -0.25) is 9.59 Å². The van der Waals surface area contributed by atoms with Crippen molar-refractivity contribution in [3.63, 3.8) is 0 Å². The summed E-state index contributed by atoms with van der Waals surface area (Å²) >= 11 is 0. The highest BCUT2D eigenvalue weighted by molar-refractivity contribution is 5.92. The summed E-state index contributed by atoms with van der Waals surface area (Å²) in [6.45, 7) is 16.7.